The minimum Gasteiger partial charge on any atom is -0.398 e. The van der Waals surface area contributed by atoms with E-state index >= 15 is 0 Å². The van der Waals surface area contributed by atoms with Crippen LogP contribution >= 0.6 is 11.6 Å². The van der Waals surface area contributed by atoms with Crippen molar-refractivity contribution in [2.24, 2.45) is 0 Å². The number of hydrogen-bond acceptors (Lipinski definition) is 1. The van der Waals surface area contributed by atoms with Crippen LogP contribution in [0.3, 0.4) is 0 Å². The highest BCUT2D eigenvalue weighted by Crippen LogP contribution is 2.29. The van der Waals surface area contributed by atoms with Crippen LogP contribution in [0.1, 0.15) is 5.56 Å². The summed E-state index contributed by atoms with van der Waals surface area (Å²) in [7, 11) is 0. The van der Waals surface area contributed by atoms with E-state index in [2.05, 4.69) is 0 Å². The van der Waals surface area contributed by atoms with Gasteiger partial charge in [0.2, 0.25) is 0 Å². The molecule has 0 aliphatic heterocycles. The number of anilines is 1. The van der Waals surface area contributed by atoms with Crippen molar-refractivity contribution in [1.82, 2.24) is 0 Å². The first kappa shape index (κ1) is 11.0. The number of halogens is 2. The van der Waals surface area contributed by atoms with E-state index in [4.69, 9.17) is 17.3 Å². The van der Waals surface area contributed by atoms with Gasteiger partial charge in [-0.2, -0.15) is 0 Å². The summed E-state index contributed by atoms with van der Waals surface area (Å²) in [6.07, 6.45) is 0. The van der Waals surface area contributed by atoms with Crippen LogP contribution in [0.25, 0.3) is 11.1 Å². The second-order valence-electron chi connectivity index (χ2n) is 3.70. The summed E-state index contributed by atoms with van der Waals surface area (Å²) in [6.45, 7) is 1.73. The van der Waals surface area contributed by atoms with E-state index in [9.17, 15) is 4.39 Å². The molecule has 82 valence electrons. The molecule has 0 radical (unpaired) electrons. The van der Waals surface area contributed by atoms with Crippen molar-refractivity contribution in [1.29, 1.82) is 0 Å². The maximum atomic E-state index is 13.4. The lowest BCUT2D eigenvalue weighted by molar-refractivity contribution is 0.619. The SMILES string of the molecule is Cc1ccc(-c2ccc(Cl)cc2N)cc1F. The molecule has 0 aromatic heterocycles. The molecule has 2 aromatic rings. The van der Waals surface area contributed by atoms with Gasteiger partial charge in [-0.25, -0.2) is 4.39 Å². The number of nitrogen functional groups attached to an aromatic ring is 1. The Kier molecular flexibility index (Phi) is 2.84. The summed E-state index contributed by atoms with van der Waals surface area (Å²) in [5, 5.41) is 0.578. The molecule has 2 rings (SSSR count). The molecule has 0 amide bonds. The fraction of sp³-hybridized carbons (Fsp3) is 0.0769. The van der Waals surface area contributed by atoms with Crippen molar-refractivity contribution in [2.45, 2.75) is 6.92 Å². The van der Waals surface area contributed by atoms with Gasteiger partial charge in [-0.15, -0.1) is 0 Å². The summed E-state index contributed by atoms with van der Waals surface area (Å²) in [5.41, 5.74) is 8.56. The van der Waals surface area contributed by atoms with Crippen molar-refractivity contribution < 1.29 is 4.39 Å². The van der Waals surface area contributed by atoms with Crippen molar-refractivity contribution in [3.63, 3.8) is 0 Å². The number of hydrogen-bond donors (Lipinski definition) is 1. The summed E-state index contributed by atoms with van der Waals surface area (Å²) < 4.78 is 13.4. The number of nitrogens with two attached hydrogens (primary N) is 1. The molecule has 16 heavy (non-hydrogen) atoms. The van der Waals surface area contributed by atoms with Crippen LogP contribution in [-0.4, -0.2) is 0 Å². The molecule has 1 nitrogen and oxygen atoms in total. The van der Waals surface area contributed by atoms with Crippen LogP contribution in [0.15, 0.2) is 36.4 Å². The van der Waals surface area contributed by atoms with Gasteiger partial charge in [-0.1, -0.05) is 29.8 Å². The van der Waals surface area contributed by atoms with E-state index < -0.39 is 0 Å². The molecule has 0 aliphatic rings. The molecule has 2 aromatic carbocycles. The van der Waals surface area contributed by atoms with Gasteiger partial charge in [0.15, 0.2) is 0 Å². The fourth-order valence-corrected chi connectivity index (χ4v) is 1.74. The molecular weight excluding hydrogens is 225 g/mol. The molecule has 3 heteroatoms. The monoisotopic (exact) mass is 235 g/mol. The van der Waals surface area contributed by atoms with Crippen LogP contribution in [0.2, 0.25) is 5.02 Å². The first-order valence-corrected chi connectivity index (χ1v) is 5.27. The van der Waals surface area contributed by atoms with Gasteiger partial charge in [0.1, 0.15) is 5.82 Å². The first-order valence-electron chi connectivity index (χ1n) is 4.89. The Morgan fingerprint density at radius 1 is 1.12 bits per heavy atom. The lowest BCUT2D eigenvalue weighted by Crippen LogP contribution is -1.91. The molecule has 0 atom stereocenters. The van der Waals surface area contributed by atoms with E-state index in [-0.39, 0.29) is 5.82 Å². The minimum absolute atomic E-state index is 0.230. The predicted molar refractivity (Wildman–Crippen MR) is 66.0 cm³/mol. The molecular formula is C13H11ClFN. The van der Waals surface area contributed by atoms with Gasteiger partial charge in [-0.05, 0) is 36.2 Å². The Labute approximate surface area is 98.7 Å². The van der Waals surface area contributed by atoms with Gasteiger partial charge in [0.05, 0.1) is 0 Å². The summed E-state index contributed by atoms with van der Waals surface area (Å²) in [6, 6.07) is 10.3. The topological polar surface area (TPSA) is 26.0 Å². The third kappa shape index (κ3) is 2.02. The molecule has 0 saturated heterocycles. The van der Waals surface area contributed by atoms with Crippen LogP contribution in [0, 0.1) is 12.7 Å². The van der Waals surface area contributed by atoms with E-state index in [1.807, 2.05) is 6.07 Å². The molecule has 2 N–H and O–H groups in total. The molecule has 0 saturated carbocycles. The lowest BCUT2D eigenvalue weighted by atomic mass is 10.0. The van der Waals surface area contributed by atoms with Gasteiger partial charge in [0.25, 0.3) is 0 Å². The average molecular weight is 236 g/mol. The Morgan fingerprint density at radius 2 is 1.88 bits per heavy atom. The molecule has 0 fully saturated rings. The van der Waals surface area contributed by atoms with Gasteiger partial charge in [0, 0.05) is 16.3 Å². The molecule has 0 spiro atoms. The van der Waals surface area contributed by atoms with Crippen LogP contribution < -0.4 is 5.73 Å². The quantitative estimate of drug-likeness (QED) is 0.742. The maximum absolute atomic E-state index is 13.4. The van der Waals surface area contributed by atoms with Crippen molar-refractivity contribution in [2.75, 3.05) is 5.73 Å². The van der Waals surface area contributed by atoms with Crippen LogP contribution in [-0.2, 0) is 0 Å². The van der Waals surface area contributed by atoms with Gasteiger partial charge < -0.3 is 5.73 Å². The lowest BCUT2D eigenvalue weighted by Gasteiger charge is -2.07. The Hall–Kier alpha value is -1.54. The number of benzene rings is 2. The largest absolute Gasteiger partial charge is 0.398 e. The second kappa shape index (κ2) is 4.14. The third-order valence-electron chi connectivity index (χ3n) is 2.50. The Morgan fingerprint density at radius 3 is 2.50 bits per heavy atom. The van der Waals surface area contributed by atoms with Crippen molar-refractivity contribution in [3.8, 4) is 11.1 Å². The van der Waals surface area contributed by atoms with Crippen molar-refractivity contribution >= 4 is 17.3 Å². The van der Waals surface area contributed by atoms with E-state index in [0.717, 1.165) is 11.1 Å². The zero-order chi connectivity index (χ0) is 11.7. The third-order valence-corrected chi connectivity index (χ3v) is 2.73. The van der Waals surface area contributed by atoms with Crippen LogP contribution in [0.4, 0.5) is 10.1 Å². The normalized spacial score (nSPS) is 10.4. The highest BCUT2D eigenvalue weighted by Gasteiger charge is 2.05. The highest BCUT2D eigenvalue weighted by atomic mass is 35.5. The standard InChI is InChI=1S/C13H11ClFN/c1-8-2-3-9(6-12(8)15)11-5-4-10(14)7-13(11)16/h2-7H,16H2,1H3. The van der Waals surface area contributed by atoms with Gasteiger partial charge >= 0.3 is 0 Å². The smallest absolute Gasteiger partial charge is 0.126 e. The Bertz CT molecular complexity index is 537. The minimum atomic E-state index is -0.230. The molecule has 0 unspecified atom stereocenters. The zero-order valence-corrected chi connectivity index (χ0v) is 9.55. The highest BCUT2D eigenvalue weighted by molar-refractivity contribution is 6.31. The predicted octanol–water partition coefficient (Wildman–Crippen LogP) is 4.04. The average Bonchev–Trinajstić information content (AvgIpc) is 2.22. The van der Waals surface area contributed by atoms with Crippen molar-refractivity contribution in [3.05, 3.63) is 52.8 Å². The summed E-state index contributed by atoms with van der Waals surface area (Å²) in [4.78, 5) is 0. The summed E-state index contributed by atoms with van der Waals surface area (Å²) in [5.74, 6) is -0.230. The molecule has 0 heterocycles. The molecule has 0 bridgehead atoms. The zero-order valence-electron chi connectivity index (χ0n) is 8.80. The second-order valence-corrected chi connectivity index (χ2v) is 4.13. The van der Waals surface area contributed by atoms with Crippen LogP contribution in [0.5, 0.6) is 0 Å². The fourth-order valence-electron chi connectivity index (χ4n) is 1.56. The maximum Gasteiger partial charge on any atom is 0.126 e. The van der Waals surface area contributed by atoms with E-state index in [1.165, 1.54) is 6.07 Å². The van der Waals surface area contributed by atoms with E-state index in [1.54, 1.807) is 31.2 Å². The number of rotatable bonds is 1. The summed E-state index contributed by atoms with van der Waals surface area (Å²) >= 11 is 5.81. The van der Waals surface area contributed by atoms with Gasteiger partial charge in [-0.3, -0.25) is 0 Å². The number of aryl methyl sites for hydroxylation is 1. The Balaban J connectivity index is 2.54. The van der Waals surface area contributed by atoms with E-state index in [0.29, 0.717) is 16.3 Å². The molecule has 0 aliphatic carbocycles. The first-order chi connectivity index (χ1) is 7.58.